The summed E-state index contributed by atoms with van der Waals surface area (Å²) in [6, 6.07) is 24.0. The fourth-order valence-electron chi connectivity index (χ4n) is 4.78. The molecule has 0 spiro atoms. The van der Waals surface area contributed by atoms with Gasteiger partial charge in [0.05, 0.1) is 11.6 Å². The second-order valence-electron chi connectivity index (χ2n) is 9.72. The van der Waals surface area contributed by atoms with E-state index < -0.39 is 5.92 Å². The van der Waals surface area contributed by atoms with Crippen molar-refractivity contribution in [1.29, 1.82) is 0 Å². The Morgan fingerprint density at radius 1 is 0.850 bits per heavy atom. The van der Waals surface area contributed by atoms with Crippen molar-refractivity contribution in [1.82, 2.24) is 4.68 Å². The minimum absolute atomic E-state index is 0.0141. The number of rotatable bonds is 7. The van der Waals surface area contributed by atoms with Gasteiger partial charge in [-0.05, 0) is 62.4 Å². The zero-order valence-corrected chi connectivity index (χ0v) is 22.7. The Morgan fingerprint density at radius 3 is 2.27 bits per heavy atom. The molecular formula is C31H27ClN4O4. The highest BCUT2D eigenvalue weighted by Crippen LogP contribution is 2.32. The molecule has 0 saturated carbocycles. The largest absolute Gasteiger partial charge is 0.326 e. The Kier molecular flexibility index (Phi) is 7.53. The fraction of sp³-hybridized carbons (Fsp3) is 0.161. The molecule has 40 heavy (non-hydrogen) atoms. The second-order valence-corrected chi connectivity index (χ2v) is 10.2. The molecule has 1 aliphatic heterocycles. The topological polar surface area (TPSA) is 101 Å². The molecule has 0 radical (unpaired) electrons. The quantitative estimate of drug-likeness (QED) is 0.300. The molecule has 8 nitrogen and oxygen atoms in total. The third-order valence-electron chi connectivity index (χ3n) is 6.90. The van der Waals surface area contributed by atoms with Gasteiger partial charge in [0, 0.05) is 51.8 Å². The van der Waals surface area contributed by atoms with Crippen LogP contribution in [0.5, 0.6) is 0 Å². The summed E-state index contributed by atoms with van der Waals surface area (Å²) >= 11 is 6.20. The zero-order chi connectivity index (χ0) is 28.4. The fourth-order valence-corrected chi connectivity index (χ4v) is 4.95. The van der Waals surface area contributed by atoms with Crippen LogP contribution in [0.4, 0.5) is 11.4 Å². The first-order valence-corrected chi connectivity index (χ1v) is 13.2. The second kappa shape index (κ2) is 11.2. The highest BCUT2D eigenvalue weighted by molar-refractivity contribution is 6.31. The molecule has 1 atom stereocenters. The van der Waals surface area contributed by atoms with Crippen molar-refractivity contribution < 1.29 is 19.2 Å². The van der Waals surface area contributed by atoms with Crippen LogP contribution in [-0.4, -0.2) is 34.7 Å². The van der Waals surface area contributed by atoms with Crippen molar-refractivity contribution >= 4 is 46.5 Å². The van der Waals surface area contributed by atoms with E-state index in [-0.39, 0.29) is 36.5 Å². The number of carbonyl (C=O) groups is 4. The molecule has 1 aromatic heterocycles. The molecule has 5 rings (SSSR count). The zero-order valence-electron chi connectivity index (χ0n) is 22.0. The molecule has 2 N–H and O–H groups in total. The van der Waals surface area contributed by atoms with Crippen LogP contribution in [0.25, 0.3) is 0 Å². The molecule has 3 amide bonds. The summed E-state index contributed by atoms with van der Waals surface area (Å²) < 4.78 is 1.69. The molecule has 9 heteroatoms. The molecule has 1 fully saturated rings. The standard InChI is InChI=1S/C31H27ClN4O4/c1-19-11-12-20(2)36(19)34-31(40)22-9-6-10-25(15-22)33-30(39)23-16-28(37)35(18-23)27-14-13-24(32)17-26(27)29(38)21-7-4-3-5-8-21/h3-15,17,23H,16,18H2,1-2H3,(H,33,39)(H,34,40)/t23-/m1/s1. The highest BCUT2D eigenvalue weighted by Gasteiger charge is 2.37. The summed E-state index contributed by atoms with van der Waals surface area (Å²) in [5.74, 6) is -1.85. The van der Waals surface area contributed by atoms with Crippen LogP contribution in [-0.2, 0) is 9.59 Å². The minimum Gasteiger partial charge on any atom is -0.326 e. The van der Waals surface area contributed by atoms with Gasteiger partial charge in [-0.25, -0.2) is 0 Å². The molecule has 3 aromatic carbocycles. The molecule has 2 heterocycles. The van der Waals surface area contributed by atoms with Gasteiger partial charge in [0.2, 0.25) is 11.8 Å². The van der Waals surface area contributed by atoms with Gasteiger partial charge in [0.1, 0.15) is 0 Å². The lowest BCUT2D eigenvalue weighted by Crippen LogP contribution is -2.29. The summed E-state index contributed by atoms with van der Waals surface area (Å²) in [7, 11) is 0. The van der Waals surface area contributed by atoms with E-state index in [1.807, 2.05) is 32.0 Å². The van der Waals surface area contributed by atoms with Gasteiger partial charge < -0.3 is 10.2 Å². The van der Waals surface area contributed by atoms with Crippen molar-refractivity contribution in [3.8, 4) is 0 Å². The van der Waals surface area contributed by atoms with Crippen LogP contribution in [0.15, 0.2) is 84.9 Å². The number of aryl methyl sites for hydroxylation is 2. The van der Waals surface area contributed by atoms with Crippen LogP contribution in [0, 0.1) is 19.8 Å². The maximum Gasteiger partial charge on any atom is 0.270 e. The predicted molar refractivity (Wildman–Crippen MR) is 154 cm³/mol. The number of halogens is 1. The number of hydrogen-bond donors (Lipinski definition) is 2. The molecule has 1 saturated heterocycles. The van der Waals surface area contributed by atoms with Gasteiger partial charge in [-0.2, -0.15) is 0 Å². The number of amides is 3. The van der Waals surface area contributed by atoms with Gasteiger partial charge in [0.15, 0.2) is 5.78 Å². The normalized spacial score (nSPS) is 14.7. The first kappa shape index (κ1) is 26.9. The summed E-state index contributed by atoms with van der Waals surface area (Å²) in [4.78, 5) is 53.8. The maximum absolute atomic E-state index is 13.3. The van der Waals surface area contributed by atoms with Crippen LogP contribution in [0.3, 0.4) is 0 Å². The maximum atomic E-state index is 13.3. The summed E-state index contributed by atoms with van der Waals surface area (Å²) in [6.07, 6.45) is -0.0141. The minimum atomic E-state index is -0.648. The van der Waals surface area contributed by atoms with E-state index in [2.05, 4.69) is 10.7 Å². The van der Waals surface area contributed by atoms with Gasteiger partial charge in [-0.15, -0.1) is 0 Å². The SMILES string of the molecule is Cc1ccc(C)n1NC(=O)c1cccc(NC(=O)[C@@H]2CC(=O)N(c3ccc(Cl)cc3C(=O)c3ccccc3)C2)c1. The van der Waals surface area contributed by atoms with Crippen LogP contribution in [0.2, 0.25) is 5.02 Å². The first-order valence-electron chi connectivity index (χ1n) is 12.8. The van der Waals surface area contributed by atoms with Crippen molar-refractivity contribution in [2.75, 3.05) is 22.2 Å². The third kappa shape index (κ3) is 5.53. The van der Waals surface area contributed by atoms with E-state index in [4.69, 9.17) is 11.6 Å². The van der Waals surface area contributed by atoms with Gasteiger partial charge in [-0.3, -0.25) is 29.3 Å². The average Bonchev–Trinajstić information content (AvgIpc) is 3.50. The van der Waals surface area contributed by atoms with Gasteiger partial charge in [-0.1, -0.05) is 48.0 Å². The van der Waals surface area contributed by atoms with Crippen LogP contribution in [0.1, 0.15) is 44.1 Å². The number of benzene rings is 3. The molecule has 0 bridgehead atoms. The third-order valence-corrected chi connectivity index (χ3v) is 7.14. The molecule has 0 aliphatic carbocycles. The van der Waals surface area contributed by atoms with E-state index in [1.165, 1.54) is 4.90 Å². The number of carbonyl (C=O) groups excluding carboxylic acids is 4. The van der Waals surface area contributed by atoms with Gasteiger partial charge >= 0.3 is 0 Å². The molecule has 0 unspecified atom stereocenters. The van der Waals surface area contributed by atoms with Crippen molar-refractivity contribution in [3.63, 3.8) is 0 Å². The van der Waals surface area contributed by atoms with Crippen molar-refractivity contribution in [2.24, 2.45) is 5.92 Å². The Balaban J connectivity index is 1.30. The first-order chi connectivity index (χ1) is 19.2. The number of anilines is 2. The number of aromatic nitrogens is 1. The van der Waals surface area contributed by atoms with Crippen LogP contribution < -0.4 is 15.6 Å². The van der Waals surface area contributed by atoms with E-state index in [9.17, 15) is 19.2 Å². The van der Waals surface area contributed by atoms with Crippen molar-refractivity contribution in [3.05, 3.63) is 118 Å². The smallest absolute Gasteiger partial charge is 0.270 e. The lowest BCUT2D eigenvalue weighted by atomic mass is 10.0. The van der Waals surface area contributed by atoms with Crippen LogP contribution >= 0.6 is 11.6 Å². The Bertz CT molecular complexity index is 1610. The van der Waals surface area contributed by atoms with Crippen molar-refractivity contribution in [2.45, 2.75) is 20.3 Å². The summed E-state index contributed by atoms with van der Waals surface area (Å²) in [6.45, 7) is 3.88. The Morgan fingerprint density at radius 2 is 1.55 bits per heavy atom. The average molecular weight is 555 g/mol. The molecule has 202 valence electrons. The van der Waals surface area contributed by atoms with E-state index >= 15 is 0 Å². The van der Waals surface area contributed by atoms with E-state index in [0.29, 0.717) is 33.1 Å². The molecular weight excluding hydrogens is 528 g/mol. The van der Waals surface area contributed by atoms with Gasteiger partial charge in [0.25, 0.3) is 5.91 Å². The Labute approximate surface area is 236 Å². The number of ketones is 1. The molecule has 1 aliphatic rings. The Hall–Kier alpha value is -4.69. The molecule has 4 aromatic rings. The monoisotopic (exact) mass is 554 g/mol. The lowest BCUT2D eigenvalue weighted by molar-refractivity contribution is -0.122. The summed E-state index contributed by atoms with van der Waals surface area (Å²) in [5, 5.41) is 3.20. The number of nitrogens with one attached hydrogen (secondary N) is 2. The van der Waals surface area contributed by atoms with E-state index in [1.54, 1.807) is 71.4 Å². The lowest BCUT2D eigenvalue weighted by Gasteiger charge is -2.20. The predicted octanol–water partition coefficient (Wildman–Crippen LogP) is 5.36. The number of nitrogens with zero attached hydrogens (tertiary/aromatic N) is 2. The number of hydrogen-bond acceptors (Lipinski definition) is 4. The summed E-state index contributed by atoms with van der Waals surface area (Å²) in [5.41, 5.74) is 6.61. The van der Waals surface area contributed by atoms with E-state index in [0.717, 1.165) is 11.4 Å². The highest BCUT2D eigenvalue weighted by atomic mass is 35.5.